The lowest BCUT2D eigenvalue weighted by atomic mass is 10.8. The first-order chi connectivity index (χ1) is 4.29. The fourth-order valence-electron chi connectivity index (χ4n) is 0.480. The van der Waals surface area contributed by atoms with Gasteiger partial charge in [0.2, 0.25) is 6.29 Å². The highest BCUT2D eigenvalue weighted by Crippen LogP contribution is 1.89. The predicted octanol–water partition coefficient (Wildman–Crippen LogP) is -0.907. The van der Waals surface area contributed by atoms with E-state index >= 15 is 0 Å². The Bertz CT molecular complexity index is 161. The molecule has 1 aliphatic rings. The minimum absolute atomic E-state index is 0.498. The molecule has 0 bridgehead atoms. The largest absolute Gasteiger partial charge is 0.352 e. The summed E-state index contributed by atoms with van der Waals surface area (Å²) in [6.07, 6.45) is 2.50. The van der Waals surface area contributed by atoms with Crippen molar-refractivity contribution in [3.8, 4) is 0 Å². The summed E-state index contributed by atoms with van der Waals surface area (Å²) >= 11 is 0. The van der Waals surface area contributed by atoms with Crippen LogP contribution >= 0.6 is 0 Å². The quantitative estimate of drug-likeness (QED) is 0.468. The van der Waals surface area contributed by atoms with E-state index in [0.29, 0.717) is 0 Å². The Hall–Kier alpha value is -1.39. The highest BCUT2D eigenvalue weighted by atomic mass is 16.2. The van der Waals surface area contributed by atoms with Gasteiger partial charge in [0.25, 0.3) is 0 Å². The van der Waals surface area contributed by atoms with Crippen molar-refractivity contribution in [1.82, 2.24) is 5.32 Å². The highest BCUT2D eigenvalue weighted by molar-refractivity contribution is 6.17. The first-order valence-electron chi connectivity index (χ1n) is 2.40. The second-order valence-electron chi connectivity index (χ2n) is 1.48. The van der Waals surface area contributed by atoms with Gasteiger partial charge in [-0.1, -0.05) is 0 Å². The zero-order valence-corrected chi connectivity index (χ0v) is 4.61. The van der Waals surface area contributed by atoms with Crippen molar-refractivity contribution in [1.29, 1.82) is 0 Å². The predicted molar refractivity (Wildman–Crippen MR) is 33.5 cm³/mol. The lowest BCUT2D eigenvalue weighted by molar-refractivity contribution is 0.246. The van der Waals surface area contributed by atoms with Gasteiger partial charge in [0, 0.05) is 12.4 Å². The average molecular weight is 126 g/mol. The molecule has 0 aromatic rings. The first-order valence-corrected chi connectivity index (χ1v) is 2.40. The van der Waals surface area contributed by atoms with E-state index in [1.54, 1.807) is 0 Å². The molecule has 0 saturated carbocycles. The van der Waals surface area contributed by atoms with Crippen molar-refractivity contribution in [2.45, 2.75) is 6.29 Å². The molecule has 0 aromatic heterocycles. The van der Waals surface area contributed by atoms with Gasteiger partial charge in [-0.2, -0.15) is 0 Å². The molecular weight excluding hydrogens is 120 g/mol. The van der Waals surface area contributed by atoms with E-state index in [0.717, 1.165) is 0 Å². The van der Waals surface area contributed by atoms with Crippen molar-refractivity contribution in [3.05, 3.63) is 0 Å². The van der Waals surface area contributed by atoms with E-state index in [-0.39, 0.29) is 0 Å². The van der Waals surface area contributed by atoms with Gasteiger partial charge in [0.1, 0.15) is 0 Å². The van der Waals surface area contributed by atoms with Gasteiger partial charge in [-0.05, 0) is 0 Å². The van der Waals surface area contributed by atoms with E-state index in [4.69, 9.17) is 5.73 Å². The van der Waals surface area contributed by atoms with Crippen LogP contribution in [0.15, 0.2) is 9.98 Å². The Balaban J connectivity index is 2.37. The number of primary amides is 1. The molecule has 3 N–H and O–H groups in total. The number of urea groups is 1. The van der Waals surface area contributed by atoms with Crippen LogP contribution in [-0.2, 0) is 0 Å². The molecule has 5 heteroatoms. The SMILES string of the molecule is NC(=O)NC1N=CC=N1. The van der Waals surface area contributed by atoms with E-state index < -0.39 is 12.3 Å². The molecule has 48 valence electrons. The molecule has 1 rings (SSSR count). The molecular formula is C4H6N4O. The van der Waals surface area contributed by atoms with Crippen LogP contribution in [-0.4, -0.2) is 24.8 Å². The van der Waals surface area contributed by atoms with Gasteiger partial charge in [-0.15, -0.1) is 0 Å². The summed E-state index contributed by atoms with van der Waals surface area (Å²) in [6, 6.07) is -0.615. The van der Waals surface area contributed by atoms with Crippen LogP contribution in [0.2, 0.25) is 0 Å². The molecule has 0 fully saturated rings. The Morgan fingerprint density at radius 2 is 2.11 bits per heavy atom. The fourth-order valence-corrected chi connectivity index (χ4v) is 0.480. The molecule has 0 atom stereocenters. The second kappa shape index (κ2) is 2.25. The lowest BCUT2D eigenvalue weighted by Gasteiger charge is -2.01. The van der Waals surface area contributed by atoms with E-state index in [1.165, 1.54) is 12.4 Å². The van der Waals surface area contributed by atoms with Gasteiger partial charge in [-0.3, -0.25) is 5.32 Å². The van der Waals surface area contributed by atoms with Crippen molar-refractivity contribution in [2.75, 3.05) is 0 Å². The summed E-state index contributed by atoms with van der Waals surface area (Å²) in [5, 5.41) is 2.28. The number of nitrogens with zero attached hydrogens (tertiary/aromatic N) is 2. The number of carbonyl (C=O) groups is 1. The van der Waals surface area contributed by atoms with Crippen LogP contribution in [0.3, 0.4) is 0 Å². The van der Waals surface area contributed by atoms with Crippen LogP contribution in [0.4, 0.5) is 4.79 Å². The molecule has 2 amide bonds. The number of amides is 2. The minimum atomic E-state index is -0.615. The van der Waals surface area contributed by atoms with Crippen molar-refractivity contribution in [2.24, 2.45) is 15.7 Å². The lowest BCUT2D eigenvalue weighted by Crippen LogP contribution is -2.35. The zero-order valence-electron chi connectivity index (χ0n) is 4.61. The third-order valence-electron chi connectivity index (χ3n) is 0.793. The maximum Gasteiger partial charge on any atom is 0.315 e. The molecule has 0 aromatic carbocycles. The normalized spacial score (nSPS) is 16.4. The molecule has 0 spiro atoms. The number of aliphatic imine (C=N–C) groups is 2. The first kappa shape index (κ1) is 5.74. The van der Waals surface area contributed by atoms with E-state index in [1.807, 2.05) is 0 Å². The Kier molecular flexibility index (Phi) is 1.44. The monoisotopic (exact) mass is 126 g/mol. The summed E-state index contributed by atoms with van der Waals surface area (Å²) in [5.74, 6) is 0. The average Bonchev–Trinajstić information content (AvgIpc) is 2.15. The fraction of sp³-hybridized carbons (Fsp3) is 0.250. The maximum atomic E-state index is 10.1. The molecule has 1 aliphatic heterocycles. The molecule has 5 nitrogen and oxygen atoms in total. The second-order valence-corrected chi connectivity index (χ2v) is 1.48. The maximum absolute atomic E-state index is 10.1. The summed E-state index contributed by atoms with van der Waals surface area (Å²) in [4.78, 5) is 17.6. The number of nitrogens with one attached hydrogen (secondary N) is 1. The smallest absolute Gasteiger partial charge is 0.315 e. The molecule has 0 aliphatic carbocycles. The number of hydrogen-bond acceptors (Lipinski definition) is 3. The van der Waals surface area contributed by atoms with Crippen LogP contribution in [0.25, 0.3) is 0 Å². The number of nitrogens with two attached hydrogens (primary N) is 1. The summed E-state index contributed by atoms with van der Waals surface area (Å²) in [7, 11) is 0. The van der Waals surface area contributed by atoms with Crippen LogP contribution in [0.5, 0.6) is 0 Å². The van der Waals surface area contributed by atoms with Gasteiger partial charge >= 0.3 is 6.03 Å². The Labute approximate surface area is 51.7 Å². The third-order valence-corrected chi connectivity index (χ3v) is 0.793. The van der Waals surface area contributed by atoms with E-state index in [9.17, 15) is 4.79 Å². The van der Waals surface area contributed by atoms with Crippen LogP contribution < -0.4 is 11.1 Å². The van der Waals surface area contributed by atoms with E-state index in [2.05, 4.69) is 15.3 Å². The van der Waals surface area contributed by atoms with Gasteiger partial charge in [0.05, 0.1) is 0 Å². The molecule has 0 unspecified atom stereocenters. The topological polar surface area (TPSA) is 79.8 Å². The van der Waals surface area contributed by atoms with Gasteiger partial charge in [-0.25, -0.2) is 14.8 Å². The van der Waals surface area contributed by atoms with Crippen molar-refractivity contribution < 1.29 is 4.79 Å². The third kappa shape index (κ3) is 1.52. The van der Waals surface area contributed by atoms with Gasteiger partial charge < -0.3 is 5.73 Å². The minimum Gasteiger partial charge on any atom is -0.352 e. The highest BCUT2D eigenvalue weighted by Gasteiger charge is 2.05. The Morgan fingerprint density at radius 3 is 2.56 bits per heavy atom. The number of hydrogen-bond donors (Lipinski definition) is 2. The van der Waals surface area contributed by atoms with Crippen molar-refractivity contribution >= 4 is 18.5 Å². The summed E-state index contributed by atoms with van der Waals surface area (Å²) < 4.78 is 0. The molecule has 0 radical (unpaired) electrons. The summed E-state index contributed by atoms with van der Waals surface area (Å²) in [5.41, 5.74) is 4.77. The zero-order chi connectivity index (χ0) is 6.69. The summed E-state index contributed by atoms with van der Waals surface area (Å²) in [6.45, 7) is 0. The molecule has 1 heterocycles. The van der Waals surface area contributed by atoms with Crippen molar-refractivity contribution in [3.63, 3.8) is 0 Å². The molecule has 0 saturated heterocycles. The van der Waals surface area contributed by atoms with Crippen LogP contribution in [0, 0.1) is 0 Å². The number of rotatable bonds is 1. The standard InChI is InChI=1S/C4H6N4O/c5-3(9)8-4-6-1-2-7-4/h1-2,4H,(H3,5,8,9). The van der Waals surface area contributed by atoms with Crippen LogP contribution in [0.1, 0.15) is 0 Å². The van der Waals surface area contributed by atoms with Gasteiger partial charge in [0.15, 0.2) is 0 Å². The number of carbonyl (C=O) groups excluding carboxylic acids is 1. The Morgan fingerprint density at radius 1 is 1.56 bits per heavy atom. The molecule has 9 heavy (non-hydrogen) atoms.